The molecule has 0 aliphatic heterocycles. The second-order valence-corrected chi connectivity index (χ2v) is 4.23. The second-order valence-electron chi connectivity index (χ2n) is 4.23. The lowest BCUT2D eigenvalue weighted by Crippen LogP contribution is -2.12. The predicted octanol–water partition coefficient (Wildman–Crippen LogP) is 3.07. The van der Waals surface area contributed by atoms with Crippen LogP contribution < -0.4 is 5.73 Å². The third-order valence-corrected chi connectivity index (χ3v) is 2.88. The number of hydrogen-bond donors (Lipinski definition) is 1. The first-order valence-electron chi connectivity index (χ1n) is 5.56. The van der Waals surface area contributed by atoms with Crippen LogP contribution in [0.4, 0.5) is 0 Å². The minimum Gasteiger partial charge on any atom is -0.366 e. The Bertz CT molecular complexity index is 573. The molecule has 2 N–H and O–H groups in total. The molecule has 0 aliphatic carbocycles. The molecule has 0 radical (unpaired) electrons. The average molecular weight is 225 g/mol. The van der Waals surface area contributed by atoms with E-state index in [1.807, 2.05) is 32.0 Å². The highest BCUT2D eigenvalue weighted by molar-refractivity contribution is 6.00. The van der Waals surface area contributed by atoms with Crippen LogP contribution in [-0.4, -0.2) is 5.91 Å². The zero-order valence-corrected chi connectivity index (χ0v) is 10.0. The Morgan fingerprint density at radius 1 is 1.00 bits per heavy atom. The molecular formula is C15H15NO. The molecule has 2 nitrogen and oxygen atoms in total. The molecule has 86 valence electrons. The number of carbonyl (C=O) groups is 1. The van der Waals surface area contributed by atoms with Crippen molar-refractivity contribution in [2.75, 3.05) is 0 Å². The molecule has 17 heavy (non-hydrogen) atoms. The maximum atomic E-state index is 11.4. The van der Waals surface area contributed by atoms with Crippen molar-refractivity contribution in [2.45, 2.75) is 13.8 Å². The van der Waals surface area contributed by atoms with Crippen LogP contribution in [0.15, 0.2) is 42.5 Å². The van der Waals surface area contributed by atoms with Crippen LogP contribution in [-0.2, 0) is 0 Å². The van der Waals surface area contributed by atoms with Gasteiger partial charge in [0, 0.05) is 5.56 Å². The Balaban J connectivity index is 2.68. The summed E-state index contributed by atoms with van der Waals surface area (Å²) in [6.07, 6.45) is 0. The van der Waals surface area contributed by atoms with E-state index in [1.54, 1.807) is 6.07 Å². The lowest BCUT2D eigenvalue weighted by Gasteiger charge is -2.10. The maximum Gasteiger partial charge on any atom is 0.249 e. The van der Waals surface area contributed by atoms with Crippen molar-refractivity contribution in [3.8, 4) is 11.1 Å². The first-order valence-corrected chi connectivity index (χ1v) is 5.56. The molecule has 2 aromatic rings. The van der Waals surface area contributed by atoms with E-state index in [4.69, 9.17) is 5.73 Å². The van der Waals surface area contributed by atoms with E-state index in [-0.39, 0.29) is 5.91 Å². The summed E-state index contributed by atoms with van der Waals surface area (Å²) in [5.41, 5.74) is 10.3. The van der Waals surface area contributed by atoms with Crippen molar-refractivity contribution in [1.29, 1.82) is 0 Å². The molecule has 0 unspecified atom stereocenters. The first kappa shape index (κ1) is 11.4. The average Bonchev–Trinajstić information content (AvgIpc) is 2.32. The molecule has 0 aliphatic rings. The molecule has 0 saturated heterocycles. The van der Waals surface area contributed by atoms with E-state index >= 15 is 0 Å². The number of primary amides is 1. The number of amides is 1. The zero-order chi connectivity index (χ0) is 12.4. The summed E-state index contributed by atoms with van der Waals surface area (Å²) in [6.45, 7) is 4.07. The number of rotatable bonds is 2. The molecule has 2 heteroatoms. The minimum absolute atomic E-state index is 0.387. The molecule has 1 amide bonds. The lowest BCUT2D eigenvalue weighted by atomic mass is 9.94. The minimum atomic E-state index is -0.387. The maximum absolute atomic E-state index is 11.4. The Morgan fingerprint density at radius 2 is 1.71 bits per heavy atom. The van der Waals surface area contributed by atoms with Crippen LogP contribution >= 0.6 is 0 Å². The van der Waals surface area contributed by atoms with Crippen LogP contribution in [0.2, 0.25) is 0 Å². The van der Waals surface area contributed by atoms with Crippen LogP contribution in [0.3, 0.4) is 0 Å². The van der Waals surface area contributed by atoms with Gasteiger partial charge < -0.3 is 5.73 Å². The summed E-state index contributed by atoms with van der Waals surface area (Å²) in [6, 6.07) is 13.6. The van der Waals surface area contributed by atoms with Gasteiger partial charge in [-0.1, -0.05) is 42.0 Å². The third kappa shape index (κ3) is 2.21. The summed E-state index contributed by atoms with van der Waals surface area (Å²) in [5.74, 6) is -0.387. The van der Waals surface area contributed by atoms with Gasteiger partial charge in [-0.15, -0.1) is 0 Å². The molecule has 0 heterocycles. The molecule has 0 saturated carbocycles. The van der Waals surface area contributed by atoms with Crippen molar-refractivity contribution >= 4 is 5.91 Å². The van der Waals surface area contributed by atoms with E-state index in [9.17, 15) is 4.79 Å². The van der Waals surface area contributed by atoms with Crippen molar-refractivity contribution in [1.82, 2.24) is 0 Å². The van der Waals surface area contributed by atoms with Gasteiger partial charge in [0.05, 0.1) is 0 Å². The van der Waals surface area contributed by atoms with E-state index in [2.05, 4.69) is 18.2 Å². The molecule has 0 bridgehead atoms. The molecular weight excluding hydrogens is 210 g/mol. The summed E-state index contributed by atoms with van der Waals surface area (Å²) in [4.78, 5) is 11.4. The summed E-state index contributed by atoms with van der Waals surface area (Å²) >= 11 is 0. The summed E-state index contributed by atoms with van der Waals surface area (Å²) in [5, 5.41) is 0. The van der Waals surface area contributed by atoms with Gasteiger partial charge in [-0.3, -0.25) is 4.79 Å². The van der Waals surface area contributed by atoms with Gasteiger partial charge in [0.25, 0.3) is 0 Å². The highest BCUT2D eigenvalue weighted by Gasteiger charge is 2.10. The van der Waals surface area contributed by atoms with Gasteiger partial charge >= 0.3 is 0 Å². The van der Waals surface area contributed by atoms with Gasteiger partial charge in [0.15, 0.2) is 0 Å². The summed E-state index contributed by atoms with van der Waals surface area (Å²) < 4.78 is 0. The smallest absolute Gasteiger partial charge is 0.249 e. The monoisotopic (exact) mass is 225 g/mol. The van der Waals surface area contributed by atoms with Crippen molar-refractivity contribution in [3.63, 3.8) is 0 Å². The van der Waals surface area contributed by atoms with Crippen LogP contribution in [0.5, 0.6) is 0 Å². The van der Waals surface area contributed by atoms with Crippen LogP contribution in [0, 0.1) is 13.8 Å². The fraction of sp³-hybridized carbons (Fsp3) is 0.133. The topological polar surface area (TPSA) is 43.1 Å². The van der Waals surface area contributed by atoms with Crippen molar-refractivity contribution in [3.05, 3.63) is 59.2 Å². The van der Waals surface area contributed by atoms with Crippen molar-refractivity contribution < 1.29 is 4.79 Å². The SMILES string of the molecule is Cc1ccc(C)c(-c2ccccc2C(N)=O)c1. The van der Waals surface area contributed by atoms with Gasteiger partial charge in [0.1, 0.15) is 0 Å². The van der Waals surface area contributed by atoms with E-state index in [1.165, 1.54) is 5.56 Å². The number of carbonyl (C=O) groups excluding carboxylic acids is 1. The fourth-order valence-electron chi connectivity index (χ4n) is 1.96. The number of nitrogens with two attached hydrogens (primary N) is 1. The number of aryl methyl sites for hydroxylation is 2. The molecule has 2 rings (SSSR count). The van der Waals surface area contributed by atoms with Crippen molar-refractivity contribution in [2.24, 2.45) is 5.73 Å². The number of hydrogen-bond acceptors (Lipinski definition) is 1. The Hall–Kier alpha value is -2.09. The molecule has 0 fully saturated rings. The van der Waals surface area contributed by atoms with Gasteiger partial charge in [-0.2, -0.15) is 0 Å². The van der Waals surface area contributed by atoms with E-state index in [0.29, 0.717) is 5.56 Å². The lowest BCUT2D eigenvalue weighted by molar-refractivity contribution is 0.100. The Labute approximate surface area is 101 Å². The number of benzene rings is 2. The van der Waals surface area contributed by atoms with Gasteiger partial charge in [0.2, 0.25) is 5.91 Å². The predicted molar refractivity (Wildman–Crippen MR) is 69.9 cm³/mol. The second kappa shape index (κ2) is 4.42. The van der Waals surface area contributed by atoms with Gasteiger partial charge in [-0.05, 0) is 36.6 Å². The highest BCUT2D eigenvalue weighted by atomic mass is 16.1. The molecule has 0 aromatic heterocycles. The largest absolute Gasteiger partial charge is 0.366 e. The van der Waals surface area contributed by atoms with Crippen LogP contribution in [0.1, 0.15) is 21.5 Å². The van der Waals surface area contributed by atoms with Gasteiger partial charge in [-0.25, -0.2) is 0 Å². The standard InChI is InChI=1S/C15H15NO/c1-10-7-8-11(2)14(9-10)12-5-3-4-6-13(12)15(16)17/h3-9H,1-2H3,(H2,16,17). The quantitative estimate of drug-likeness (QED) is 0.838. The summed E-state index contributed by atoms with van der Waals surface area (Å²) in [7, 11) is 0. The third-order valence-electron chi connectivity index (χ3n) is 2.88. The normalized spacial score (nSPS) is 10.2. The fourth-order valence-corrected chi connectivity index (χ4v) is 1.96. The molecule has 0 atom stereocenters. The highest BCUT2D eigenvalue weighted by Crippen LogP contribution is 2.27. The zero-order valence-electron chi connectivity index (χ0n) is 10.0. The first-order chi connectivity index (χ1) is 8.09. The Kier molecular flexibility index (Phi) is 2.96. The Morgan fingerprint density at radius 3 is 2.41 bits per heavy atom. The van der Waals surface area contributed by atoms with E-state index < -0.39 is 0 Å². The molecule has 0 spiro atoms. The molecule has 2 aromatic carbocycles. The van der Waals surface area contributed by atoms with E-state index in [0.717, 1.165) is 16.7 Å². The van der Waals surface area contributed by atoms with Crippen LogP contribution in [0.25, 0.3) is 11.1 Å².